The quantitative estimate of drug-likeness (QED) is 0.583. The van der Waals surface area contributed by atoms with Gasteiger partial charge < -0.3 is 5.32 Å². The van der Waals surface area contributed by atoms with Gasteiger partial charge in [-0.1, -0.05) is 46.0 Å². The Bertz CT molecular complexity index is 157. The van der Waals surface area contributed by atoms with E-state index in [9.17, 15) is 4.79 Å². The predicted molar refractivity (Wildman–Crippen MR) is 65.8 cm³/mol. The lowest BCUT2D eigenvalue weighted by Crippen LogP contribution is -2.30. The first-order valence-corrected chi connectivity index (χ1v) is 6.53. The van der Waals surface area contributed by atoms with Crippen LogP contribution in [0.3, 0.4) is 0 Å². The van der Waals surface area contributed by atoms with Crippen molar-refractivity contribution in [1.82, 2.24) is 5.32 Å². The molecule has 2 nitrogen and oxygen atoms in total. The zero-order chi connectivity index (χ0) is 11.5. The van der Waals surface area contributed by atoms with Crippen molar-refractivity contribution in [2.75, 3.05) is 6.54 Å². The highest BCUT2D eigenvalue weighted by molar-refractivity contribution is 5.78. The molecule has 1 N–H and O–H groups in total. The maximum Gasteiger partial charge on any atom is 0.223 e. The summed E-state index contributed by atoms with van der Waals surface area (Å²) in [6.07, 6.45) is 8.46. The molecule has 0 fully saturated rings. The number of unbranched alkanes of at least 4 members (excludes halogenated alkanes) is 4. The van der Waals surface area contributed by atoms with Crippen LogP contribution in [0.4, 0.5) is 0 Å². The summed E-state index contributed by atoms with van der Waals surface area (Å²) in [6.45, 7) is 7.06. The van der Waals surface area contributed by atoms with E-state index in [4.69, 9.17) is 0 Å². The van der Waals surface area contributed by atoms with Crippen LogP contribution in [0.15, 0.2) is 0 Å². The second-order valence-electron chi connectivity index (χ2n) is 4.20. The Morgan fingerprint density at radius 1 is 1.07 bits per heavy atom. The molecule has 1 amide bonds. The molecule has 0 aliphatic heterocycles. The van der Waals surface area contributed by atoms with Crippen LogP contribution < -0.4 is 5.32 Å². The topological polar surface area (TPSA) is 29.1 Å². The zero-order valence-electron chi connectivity index (χ0n) is 10.6. The SMILES string of the molecule is CCCCCCCC(CC)C(=O)NCC. The molecule has 90 valence electrons. The molecule has 0 aromatic rings. The van der Waals surface area contributed by atoms with E-state index in [0.29, 0.717) is 0 Å². The van der Waals surface area contributed by atoms with Crippen molar-refractivity contribution in [3.05, 3.63) is 0 Å². The Hall–Kier alpha value is -0.530. The van der Waals surface area contributed by atoms with E-state index in [2.05, 4.69) is 19.2 Å². The summed E-state index contributed by atoms with van der Waals surface area (Å²) >= 11 is 0. The summed E-state index contributed by atoms with van der Waals surface area (Å²) in [6, 6.07) is 0. The van der Waals surface area contributed by atoms with Crippen LogP contribution in [-0.4, -0.2) is 12.5 Å². The van der Waals surface area contributed by atoms with Crippen molar-refractivity contribution in [3.63, 3.8) is 0 Å². The van der Waals surface area contributed by atoms with Crippen LogP contribution in [0.25, 0.3) is 0 Å². The highest BCUT2D eigenvalue weighted by Gasteiger charge is 2.14. The maximum atomic E-state index is 11.6. The molecule has 2 heteroatoms. The molecule has 1 atom stereocenters. The van der Waals surface area contributed by atoms with Crippen molar-refractivity contribution >= 4 is 5.91 Å². The third-order valence-electron chi connectivity index (χ3n) is 2.87. The standard InChI is InChI=1S/C13H27NO/c1-4-7-8-9-10-11-12(5-2)13(15)14-6-3/h12H,4-11H2,1-3H3,(H,14,15). The van der Waals surface area contributed by atoms with Crippen molar-refractivity contribution in [3.8, 4) is 0 Å². The van der Waals surface area contributed by atoms with Gasteiger partial charge in [0.25, 0.3) is 0 Å². The van der Waals surface area contributed by atoms with Gasteiger partial charge in [0, 0.05) is 12.5 Å². The first-order valence-electron chi connectivity index (χ1n) is 6.53. The minimum Gasteiger partial charge on any atom is -0.356 e. The second-order valence-corrected chi connectivity index (χ2v) is 4.20. The lowest BCUT2D eigenvalue weighted by Gasteiger charge is -2.13. The summed E-state index contributed by atoms with van der Waals surface area (Å²) in [4.78, 5) is 11.6. The third kappa shape index (κ3) is 7.40. The normalized spacial score (nSPS) is 12.5. The molecule has 0 rings (SSSR count). The number of hydrogen-bond acceptors (Lipinski definition) is 1. The molecule has 0 bridgehead atoms. The first-order chi connectivity index (χ1) is 7.26. The summed E-state index contributed by atoms with van der Waals surface area (Å²) in [5, 5.41) is 2.91. The van der Waals surface area contributed by atoms with Crippen LogP contribution in [-0.2, 0) is 4.79 Å². The molecular weight excluding hydrogens is 186 g/mol. The number of amides is 1. The Morgan fingerprint density at radius 2 is 1.73 bits per heavy atom. The minimum absolute atomic E-state index is 0.242. The Kier molecular flexibility index (Phi) is 9.65. The number of hydrogen-bond donors (Lipinski definition) is 1. The van der Waals surface area contributed by atoms with E-state index in [1.54, 1.807) is 0 Å². The van der Waals surface area contributed by atoms with Crippen LogP contribution in [0.1, 0.15) is 65.7 Å². The fourth-order valence-electron chi connectivity index (χ4n) is 1.83. The fourth-order valence-corrected chi connectivity index (χ4v) is 1.83. The molecule has 15 heavy (non-hydrogen) atoms. The van der Waals surface area contributed by atoms with Crippen molar-refractivity contribution in [1.29, 1.82) is 0 Å². The van der Waals surface area contributed by atoms with Gasteiger partial charge in [0.1, 0.15) is 0 Å². The number of rotatable bonds is 9. The molecule has 0 heterocycles. The largest absolute Gasteiger partial charge is 0.356 e. The van der Waals surface area contributed by atoms with Crippen LogP contribution >= 0.6 is 0 Å². The van der Waals surface area contributed by atoms with Gasteiger partial charge in [-0.25, -0.2) is 0 Å². The highest BCUT2D eigenvalue weighted by atomic mass is 16.1. The minimum atomic E-state index is 0.242. The highest BCUT2D eigenvalue weighted by Crippen LogP contribution is 2.14. The fraction of sp³-hybridized carbons (Fsp3) is 0.923. The van der Waals surface area contributed by atoms with Gasteiger partial charge in [-0.15, -0.1) is 0 Å². The zero-order valence-corrected chi connectivity index (χ0v) is 10.6. The summed E-state index contributed by atoms with van der Waals surface area (Å²) in [5.74, 6) is 0.488. The molecule has 0 saturated heterocycles. The van der Waals surface area contributed by atoms with E-state index in [-0.39, 0.29) is 11.8 Å². The molecule has 0 radical (unpaired) electrons. The molecule has 1 unspecified atom stereocenters. The molecule has 0 saturated carbocycles. The number of nitrogens with one attached hydrogen (secondary N) is 1. The van der Waals surface area contributed by atoms with E-state index < -0.39 is 0 Å². The molecule has 0 aromatic carbocycles. The summed E-state index contributed by atoms with van der Waals surface area (Å²) in [5.41, 5.74) is 0. The van der Waals surface area contributed by atoms with Gasteiger partial charge in [0.2, 0.25) is 5.91 Å². The van der Waals surface area contributed by atoms with Crippen molar-refractivity contribution in [2.45, 2.75) is 65.7 Å². The van der Waals surface area contributed by atoms with E-state index in [1.807, 2.05) is 6.92 Å². The lowest BCUT2D eigenvalue weighted by molar-refractivity contribution is -0.125. The third-order valence-corrected chi connectivity index (χ3v) is 2.87. The Balaban J connectivity index is 3.56. The Labute approximate surface area is 94.8 Å². The van der Waals surface area contributed by atoms with Gasteiger partial charge in [-0.2, -0.15) is 0 Å². The van der Waals surface area contributed by atoms with E-state index >= 15 is 0 Å². The molecule has 0 spiro atoms. The summed E-state index contributed by atoms with van der Waals surface area (Å²) in [7, 11) is 0. The van der Waals surface area contributed by atoms with Crippen LogP contribution in [0.2, 0.25) is 0 Å². The van der Waals surface area contributed by atoms with E-state index in [1.165, 1.54) is 32.1 Å². The average Bonchev–Trinajstić information content (AvgIpc) is 2.23. The van der Waals surface area contributed by atoms with Crippen molar-refractivity contribution < 1.29 is 4.79 Å². The smallest absolute Gasteiger partial charge is 0.223 e. The second kappa shape index (κ2) is 10.0. The molecule has 0 aliphatic carbocycles. The number of carbonyl (C=O) groups excluding carboxylic acids is 1. The lowest BCUT2D eigenvalue weighted by atomic mass is 9.97. The van der Waals surface area contributed by atoms with Gasteiger partial charge in [0.15, 0.2) is 0 Å². The molecule has 0 aliphatic rings. The first kappa shape index (κ1) is 14.5. The average molecular weight is 213 g/mol. The molecule has 0 aromatic heterocycles. The Morgan fingerprint density at radius 3 is 2.27 bits per heavy atom. The monoisotopic (exact) mass is 213 g/mol. The van der Waals surface area contributed by atoms with Gasteiger partial charge >= 0.3 is 0 Å². The van der Waals surface area contributed by atoms with Crippen molar-refractivity contribution in [2.24, 2.45) is 5.92 Å². The van der Waals surface area contributed by atoms with Crippen LogP contribution in [0.5, 0.6) is 0 Å². The van der Waals surface area contributed by atoms with Gasteiger partial charge in [-0.3, -0.25) is 4.79 Å². The maximum absolute atomic E-state index is 11.6. The molecular formula is C13H27NO. The van der Waals surface area contributed by atoms with E-state index in [0.717, 1.165) is 19.4 Å². The van der Waals surface area contributed by atoms with Crippen LogP contribution in [0, 0.1) is 5.92 Å². The predicted octanol–water partition coefficient (Wildman–Crippen LogP) is 3.51. The van der Waals surface area contributed by atoms with Gasteiger partial charge in [0.05, 0.1) is 0 Å². The van der Waals surface area contributed by atoms with Gasteiger partial charge in [-0.05, 0) is 19.8 Å². The number of carbonyl (C=O) groups is 1. The summed E-state index contributed by atoms with van der Waals surface area (Å²) < 4.78 is 0.